The van der Waals surface area contributed by atoms with Crippen molar-refractivity contribution < 1.29 is 4.74 Å². The van der Waals surface area contributed by atoms with Crippen LogP contribution >= 0.6 is 0 Å². The summed E-state index contributed by atoms with van der Waals surface area (Å²) >= 11 is 0. The monoisotopic (exact) mass is 567 g/mol. The molecule has 0 bridgehead atoms. The van der Waals surface area contributed by atoms with Gasteiger partial charge in [0.2, 0.25) is 0 Å². The maximum Gasteiger partial charge on any atom is 0.179 e. The number of hydrogen-bond donors (Lipinski definition) is 1. The third-order valence-electron chi connectivity index (χ3n) is 7.97. The van der Waals surface area contributed by atoms with Crippen LogP contribution in [0, 0.1) is 6.92 Å². The van der Waals surface area contributed by atoms with Gasteiger partial charge in [0, 0.05) is 23.0 Å². The van der Waals surface area contributed by atoms with Crippen molar-refractivity contribution in [3.05, 3.63) is 120 Å². The molecule has 0 saturated heterocycles. The maximum atomic E-state index is 5.92. The zero-order chi connectivity index (χ0) is 29.3. The van der Waals surface area contributed by atoms with Gasteiger partial charge in [0.15, 0.2) is 23.3 Å². The number of aryl methyl sites for hydroxylation is 2. The number of amidine groups is 2. The Morgan fingerprint density at radius 2 is 1.67 bits per heavy atom. The average Bonchev–Trinajstić information content (AvgIpc) is 3.39. The van der Waals surface area contributed by atoms with E-state index in [4.69, 9.17) is 19.8 Å². The van der Waals surface area contributed by atoms with Gasteiger partial charge in [-0.15, -0.1) is 0 Å². The van der Waals surface area contributed by atoms with Crippen molar-refractivity contribution in [1.29, 1.82) is 0 Å². The van der Waals surface area contributed by atoms with Gasteiger partial charge in [-0.3, -0.25) is 0 Å². The maximum absolute atomic E-state index is 5.92. The molecule has 8 nitrogen and oxygen atoms in total. The molecular formula is C35H33N7O. The molecule has 43 heavy (non-hydrogen) atoms. The number of aromatic nitrogens is 3. The Morgan fingerprint density at radius 3 is 2.47 bits per heavy atom. The Hall–Kier alpha value is -5.24. The van der Waals surface area contributed by atoms with Crippen molar-refractivity contribution in [2.45, 2.75) is 39.2 Å². The highest BCUT2D eigenvalue weighted by Gasteiger charge is 2.42. The first kappa shape index (κ1) is 26.6. The van der Waals surface area contributed by atoms with Crippen molar-refractivity contribution in [2.24, 2.45) is 9.98 Å². The number of benzene rings is 3. The van der Waals surface area contributed by atoms with E-state index in [0.717, 1.165) is 51.9 Å². The van der Waals surface area contributed by atoms with Crippen molar-refractivity contribution in [1.82, 2.24) is 14.8 Å². The number of methoxy groups -OCH3 is 1. The summed E-state index contributed by atoms with van der Waals surface area (Å²) in [6.45, 7) is 4.25. The lowest BCUT2D eigenvalue weighted by Gasteiger charge is -2.40. The number of rotatable bonds is 7. The van der Waals surface area contributed by atoms with E-state index in [0.29, 0.717) is 17.5 Å². The van der Waals surface area contributed by atoms with Crippen LogP contribution in [0.3, 0.4) is 0 Å². The molecule has 1 N–H and O–H groups in total. The minimum absolute atomic E-state index is 0.277. The van der Waals surface area contributed by atoms with E-state index in [1.54, 1.807) is 13.3 Å². The largest absolute Gasteiger partial charge is 0.496 e. The lowest BCUT2D eigenvalue weighted by atomic mass is 9.92. The molecule has 0 saturated carbocycles. The lowest BCUT2D eigenvalue weighted by Crippen LogP contribution is -2.46. The molecular weight excluding hydrogens is 534 g/mol. The van der Waals surface area contributed by atoms with Crippen LogP contribution in [0.1, 0.15) is 48.2 Å². The number of fused-ring (bicyclic) bond motifs is 4. The summed E-state index contributed by atoms with van der Waals surface area (Å²) in [6.07, 6.45) is 5.20. The van der Waals surface area contributed by atoms with Crippen LogP contribution in [0.5, 0.6) is 5.75 Å². The number of unbranched alkanes of at least 4 members (excludes halogenated alkanes) is 1. The molecule has 2 aromatic heterocycles. The highest BCUT2D eigenvalue weighted by atomic mass is 16.5. The van der Waals surface area contributed by atoms with E-state index in [1.807, 2.05) is 66.2 Å². The molecule has 0 amide bonds. The molecule has 4 heterocycles. The summed E-state index contributed by atoms with van der Waals surface area (Å²) in [7, 11) is 1.71. The Balaban J connectivity index is 1.43. The zero-order valence-corrected chi connectivity index (χ0v) is 24.5. The summed E-state index contributed by atoms with van der Waals surface area (Å²) in [4.78, 5) is 17.3. The first-order valence-corrected chi connectivity index (χ1v) is 14.7. The van der Waals surface area contributed by atoms with Gasteiger partial charge >= 0.3 is 0 Å². The van der Waals surface area contributed by atoms with Crippen molar-refractivity contribution >= 4 is 34.6 Å². The number of para-hydroxylation sites is 3. The van der Waals surface area contributed by atoms with Crippen LogP contribution in [-0.4, -0.2) is 33.5 Å². The first-order chi connectivity index (χ1) is 21.2. The Bertz CT molecular complexity index is 1840. The minimum Gasteiger partial charge on any atom is -0.496 e. The van der Waals surface area contributed by atoms with Crippen LogP contribution in [-0.2, 0) is 6.42 Å². The summed E-state index contributed by atoms with van der Waals surface area (Å²) < 4.78 is 7.75. The molecule has 0 fully saturated rings. The predicted molar refractivity (Wildman–Crippen MR) is 173 cm³/mol. The molecule has 3 aromatic carbocycles. The van der Waals surface area contributed by atoms with Crippen LogP contribution in [0.15, 0.2) is 107 Å². The fourth-order valence-corrected chi connectivity index (χ4v) is 5.90. The Kier molecular flexibility index (Phi) is 6.95. The minimum atomic E-state index is -0.277. The van der Waals surface area contributed by atoms with E-state index in [9.17, 15) is 0 Å². The number of anilines is 2. The SMILES string of the molecule is CCCCc1ccc(NC2=Nc3ccccc3N3C2=Nc2c(c(C)nn2-c2ccccn2)[C@H]3c2ccccc2OC)cc1. The molecule has 8 heteroatoms. The lowest BCUT2D eigenvalue weighted by molar-refractivity contribution is 0.407. The van der Waals surface area contributed by atoms with Crippen LogP contribution in [0.2, 0.25) is 0 Å². The van der Waals surface area contributed by atoms with Crippen LogP contribution in [0.4, 0.5) is 22.9 Å². The van der Waals surface area contributed by atoms with Gasteiger partial charge in [-0.1, -0.05) is 61.9 Å². The molecule has 0 unspecified atom stereocenters. The number of pyridine rings is 1. The smallest absolute Gasteiger partial charge is 0.179 e. The van der Waals surface area contributed by atoms with Crippen LogP contribution < -0.4 is 15.0 Å². The number of ether oxygens (including phenoxy) is 1. The second-order valence-corrected chi connectivity index (χ2v) is 10.7. The summed E-state index contributed by atoms with van der Waals surface area (Å²) in [5, 5.41) is 8.57. The second-order valence-electron chi connectivity index (χ2n) is 10.7. The van der Waals surface area contributed by atoms with Gasteiger partial charge in [-0.2, -0.15) is 9.78 Å². The van der Waals surface area contributed by atoms with E-state index >= 15 is 0 Å². The fraction of sp³-hybridized carbons (Fsp3) is 0.200. The molecule has 214 valence electrons. The molecule has 2 aliphatic heterocycles. The van der Waals surface area contributed by atoms with Crippen molar-refractivity contribution in [3.8, 4) is 11.6 Å². The quantitative estimate of drug-likeness (QED) is 0.218. The van der Waals surface area contributed by atoms with Gasteiger partial charge < -0.3 is 15.0 Å². The third kappa shape index (κ3) is 4.74. The molecule has 0 spiro atoms. The standard InChI is InChI=1S/C35H33N7O/c1-4-5-12-24-18-20-25(21-19-24)37-33-35-39-34-31(23(2)40-42(34)30-17-10-11-22-36-30)32(26-13-6-9-16-29(26)43-3)41(35)28-15-8-7-14-27(28)38-33/h6-11,13-22,32H,4-5,12H2,1-3H3,(H,37,38)/t32-/m1/s1. The van der Waals surface area contributed by atoms with E-state index in [2.05, 4.69) is 58.5 Å². The molecule has 0 radical (unpaired) electrons. The first-order valence-electron chi connectivity index (χ1n) is 14.7. The normalized spacial score (nSPS) is 15.1. The highest BCUT2D eigenvalue weighted by molar-refractivity contribution is 6.51. The van der Waals surface area contributed by atoms with Gasteiger partial charge in [0.1, 0.15) is 5.75 Å². The second kappa shape index (κ2) is 11.2. The van der Waals surface area contributed by atoms with Crippen molar-refractivity contribution in [2.75, 3.05) is 17.3 Å². The molecule has 7 rings (SSSR count). The summed E-state index contributed by atoms with van der Waals surface area (Å²) in [6, 6.07) is 30.5. The van der Waals surface area contributed by atoms with E-state index < -0.39 is 0 Å². The third-order valence-corrected chi connectivity index (χ3v) is 7.97. The molecule has 2 aliphatic rings. The highest BCUT2D eigenvalue weighted by Crippen LogP contribution is 2.49. The Morgan fingerprint density at radius 1 is 0.884 bits per heavy atom. The number of nitrogens with one attached hydrogen (secondary N) is 1. The van der Waals surface area contributed by atoms with Crippen molar-refractivity contribution in [3.63, 3.8) is 0 Å². The number of nitrogens with zero attached hydrogens (tertiary/aromatic N) is 6. The van der Waals surface area contributed by atoms with Crippen LogP contribution in [0.25, 0.3) is 5.82 Å². The van der Waals surface area contributed by atoms with E-state index in [1.165, 1.54) is 18.4 Å². The molecule has 5 aromatic rings. The van der Waals surface area contributed by atoms with Gasteiger partial charge in [0.05, 0.1) is 30.2 Å². The predicted octanol–water partition coefficient (Wildman–Crippen LogP) is 7.72. The summed E-state index contributed by atoms with van der Waals surface area (Å²) in [5.41, 5.74) is 6.99. The van der Waals surface area contributed by atoms with Gasteiger partial charge in [-0.25, -0.2) is 15.0 Å². The van der Waals surface area contributed by atoms with Gasteiger partial charge in [-0.05, 0) is 67.8 Å². The summed E-state index contributed by atoms with van der Waals surface area (Å²) in [5.74, 6) is 3.59. The fourth-order valence-electron chi connectivity index (χ4n) is 5.90. The molecule has 0 aliphatic carbocycles. The Labute approximate surface area is 251 Å². The van der Waals surface area contributed by atoms with Gasteiger partial charge in [0.25, 0.3) is 0 Å². The zero-order valence-electron chi connectivity index (χ0n) is 24.5. The number of hydrogen-bond acceptors (Lipinski definition) is 7. The van der Waals surface area contributed by atoms with E-state index in [-0.39, 0.29) is 6.04 Å². The topological polar surface area (TPSA) is 79.9 Å². The molecule has 1 atom stereocenters. The average molecular weight is 568 g/mol. The number of aliphatic imine (C=N–C) groups is 2.